The fourth-order valence-electron chi connectivity index (χ4n) is 2.65. The first kappa shape index (κ1) is 22.3. The lowest BCUT2D eigenvalue weighted by molar-refractivity contribution is -0.384. The molecule has 0 saturated carbocycles. The number of carbonyl (C=O) groups excluding carboxylic acids is 1. The van der Waals surface area contributed by atoms with Crippen molar-refractivity contribution in [3.05, 3.63) is 67.5 Å². The second kappa shape index (κ2) is 10.1. The van der Waals surface area contributed by atoms with Crippen molar-refractivity contribution in [2.24, 2.45) is 0 Å². The number of nitro benzene ring substituents is 1. The lowest BCUT2D eigenvalue weighted by atomic mass is 10.1. The molecule has 0 N–H and O–H groups in total. The van der Waals surface area contributed by atoms with E-state index in [0.29, 0.717) is 32.8 Å². The number of thiocarbonyl (C=S) groups is 1. The van der Waals surface area contributed by atoms with E-state index in [1.54, 1.807) is 6.08 Å². The second-order valence-corrected chi connectivity index (χ2v) is 8.65. The van der Waals surface area contributed by atoms with E-state index in [1.807, 2.05) is 31.2 Å². The summed E-state index contributed by atoms with van der Waals surface area (Å²) in [6.07, 6.45) is 1.58. The largest absolute Gasteiger partial charge is 0.490 e. The van der Waals surface area contributed by atoms with Crippen LogP contribution in [0, 0.1) is 10.1 Å². The van der Waals surface area contributed by atoms with Crippen molar-refractivity contribution in [2.75, 3.05) is 19.8 Å². The Balaban J connectivity index is 1.75. The van der Waals surface area contributed by atoms with Crippen molar-refractivity contribution in [3.8, 4) is 11.5 Å². The lowest BCUT2D eigenvalue weighted by Crippen LogP contribution is -2.27. The Kier molecular flexibility index (Phi) is 7.46. The van der Waals surface area contributed by atoms with Crippen molar-refractivity contribution >= 4 is 61.9 Å². The molecule has 0 spiro atoms. The Hall–Kier alpha value is -2.43. The van der Waals surface area contributed by atoms with Crippen LogP contribution in [0.5, 0.6) is 11.5 Å². The summed E-state index contributed by atoms with van der Waals surface area (Å²) in [4.78, 5) is 25.0. The molecule has 1 saturated heterocycles. The minimum Gasteiger partial charge on any atom is -0.490 e. The number of nitrogens with zero attached hydrogens (tertiary/aromatic N) is 2. The molecular weight excluding hydrogens is 492 g/mol. The standard InChI is InChI=1S/C20H17BrN2O5S2/c1-2-22-19(24)18(30-20(22)29)12-13-11-15(23(25)26)5-8-17(13)28-10-9-27-16-6-3-14(21)4-7-16/h3-8,11-12H,2,9-10H2,1H3/b18-12-. The van der Waals surface area contributed by atoms with Gasteiger partial charge in [-0.1, -0.05) is 39.9 Å². The Morgan fingerprint density at radius 3 is 2.53 bits per heavy atom. The van der Waals surface area contributed by atoms with Crippen LogP contribution in [0.15, 0.2) is 51.8 Å². The van der Waals surface area contributed by atoms with E-state index in [-0.39, 0.29) is 24.8 Å². The van der Waals surface area contributed by atoms with Crippen LogP contribution in [0.4, 0.5) is 5.69 Å². The van der Waals surface area contributed by atoms with Crippen LogP contribution < -0.4 is 9.47 Å². The van der Waals surface area contributed by atoms with Gasteiger partial charge in [-0.15, -0.1) is 0 Å². The minimum absolute atomic E-state index is 0.0920. The van der Waals surface area contributed by atoms with Crippen LogP contribution in [0.25, 0.3) is 6.08 Å². The summed E-state index contributed by atoms with van der Waals surface area (Å²) < 4.78 is 12.8. The number of amides is 1. The smallest absolute Gasteiger partial charge is 0.270 e. The first-order valence-electron chi connectivity index (χ1n) is 8.94. The predicted octanol–water partition coefficient (Wildman–Crippen LogP) is 5.04. The first-order valence-corrected chi connectivity index (χ1v) is 11.0. The molecule has 10 heteroatoms. The maximum Gasteiger partial charge on any atom is 0.270 e. The summed E-state index contributed by atoms with van der Waals surface area (Å²) in [5.41, 5.74) is 0.343. The third-order valence-corrected chi connectivity index (χ3v) is 6.01. The van der Waals surface area contributed by atoms with E-state index in [1.165, 1.54) is 34.9 Å². The van der Waals surface area contributed by atoms with E-state index in [9.17, 15) is 14.9 Å². The van der Waals surface area contributed by atoms with Crippen LogP contribution in [0.1, 0.15) is 12.5 Å². The van der Waals surface area contributed by atoms with Crippen LogP contribution in [0.2, 0.25) is 0 Å². The lowest BCUT2D eigenvalue weighted by Gasteiger charge is -2.11. The summed E-state index contributed by atoms with van der Waals surface area (Å²) in [7, 11) is 0. The summed E-state index contributed by atoms with van der Waals surface area (Å²) in [5, 5.41) is 11.2. The molecule has 30 heavy (non-hydrogen) atoms. The zero-order chi connectivity index (χ0) is 21.7. The van der Waals surface area contributed by atoms with E-state index in [0.717, 1.165) is 4.47 Å². The summed E-state index contributed by atoms with van der Waals surface area (Å²) in [5.74, 6) is 0.902. The van der Waals surface area contributed by atoms with E-state index in [2.05, 4.69) is 15.9 Å². The number of non-ortho nitro benzene ring substituents is 1. The molecule has 2 aromatic rings. The Morgan fingerprint density at radius 1 is 1.20 bits per heavy atom. The molecule has 1 amide bonds. The van der Waals surface area contributed by atoms with Gasteiger partial charge in [-0.2, -0.15) is 0 Å². The average molecular weight is 509 g/mol. The number of hydrogen-bond donors (Lipinski definition) is 0. The van der Waals surface area contributed by atoms with Crippen LogP contribution >= 0.6 is 39.9 Å². The van der Waals surface area contributed by atoms with Gasteiger partial charge in [-0.25, -0.2) is 0 Å². The summed E-state index contributed by atoms with van der Waals surface area (Å²) >= 11 is 9.75. The third-order valence-electron chi connectivity index (χ3n) is 4.10. The summed E-state index contributed by atoms with van der Waals surface area (Å²) in [6, 6.07) is 11.7. The normalized spacial score (nSPS) is 15.0. The number of nitro groups is 1. The quantitative estimate of drug-likeness (QED) is 0.162. The highest BCUT2D eigenvalue weighted by atomic mass is 79.9. The van der Waals surface area contributed by atoms with Gasteiger partial charge >= 0.3 is 0 Å². The molecule has 2 aromatic carbocycles. The second-order valence-electron chi connectivity index (χ2n) is 6.06. The Bertz CT molecular complexity index is 1010. The first-order chi connectivity index (χ1) is 14.4. The molecule has 0 unspecified atom stereocenters. The fourth-order valence-corrected chi connectivity index (χ4v) is 4.29. The third kappa shape index (κ3) is 5.38. The number of halogens is 1. The molecule has 156 valence electrons. The van der Waals surface area contributed by atoms with Crippen molar-refractivity contribution in [2.45, 2.75) is 6.92 Å². The zero-order valence-corrected chi connectivity index (χ0v) is 19.1. The van der Waals surface area contributed by atoms with Crippen LogP contribution in [0.3, 0.4) is 0 Å². The number of carbonyl (C=O) groups is 1. The maximum absolute atomic E-state index is 12.5. The molecule has 1 aliphatic rings. The van der Waals surface area contributed by atoms with Gasteiger partial charge in [0.2, 0.25) is 0 Å². The number of thioether (sulfide) groups is 1. The van der Waals surface area contributed by atoms with E-state index in [4.69, 9.17) is 21.7 Å². The maximum atomic E-state index is 12.5. The predicted molar refractivity (Wildman–Crippen MR) is 124 cm³/mol. The SMILES string of the molecule is CCN1C(=O)/C(=C/c2cc([N+](=O)[O-])ccc2OCCOc2ccc(Br)cc2)SC1=S. The van der Waals surface area contributed by atoms with Crippen molar-refractivity contribution in [1.82, 2.24) is 4.90 Å². The van der Waals surface area contributed by atoms with E-state index < -0.39 is 4.92 Å². The highest BCUT2D eigenvalue weighted by Gasteiger charge is 2.31. The van der Waals surface area contributed by atoms with Gasteiger partial charge in [0.05, 0.1) is 9.83 Å². The highest BCUT2D eigenvalue weighted by Crippen LogP contribution is 2.35. The van der Waals surface area contributed by atoms with Gasteiger partial charge in [-0.3, -0.25) is 19.8 Å². The molecule has 1 aliphatic heterocycles. The van der Waals surface area contributed by atoms with E-state index >= 15 is 0 Å². The van der Waals surface area contributed by atoms with Gasteiger partial charge in [0.25, 0.3) is 11.6 Å². The molecule has 0 radical (unpaired) electrons. The minimum atomic E-state index is -0.491. The van der Waals surface area contributed by atoms with Gasteiger partial charge < -0.3 is 9.47 Å². The molecule has 1 heterocycles. The summed E-state index contributed by atoms with van der Waals surface area (Å²) in [6.45, 7) is 2.81. The molecule has 1 fully saturated rings. The molecule has 7 nitrogen and oxygen atoms in total. The van der Waals surface area contributed by atoms with Crippen molar-refractivity contribution < 1.29 is 19.2 Å². The topological polar surface area (TPSA) is 81.9 Å². The Morgan fingerprint density at radius 2 is 1.90 bits per heavy atom. The number of ether oxygens (including phenoxy) is 2. The number of benzene rings is 2. The molecule has 0 bridgehead atoms. The van der Waals surface area contributed by atoms with Crippen LogP contribution in [-0.4, -0.2) is 39.8 Å². The monoisotopic (exact) mass is 508 g/mol. The average Bonchev–Trinajstić information content (AvgIpc) is 2.99. The molecule has 0 aliphatic carbocycles. The van der Waals surface area contributed by atoms with Crippen LogP contribution in [-0.2, 0) is 4.79 Å². The molecule has 0 atom stereocenters. The highest BCUT2D eigenvalue weighted by molar-refractivity contribution is 9.10. The molecular formula is C20H17BrN2O5S2. The zero-order valence-electron chi connectivity index (χ0n) is 15.9. The molecule has 3 rings (SSSR count). The number of rotatable bonds is 8. The number of likely N-dealkylation sites (N-methyl/N-ethyl adjacent to an activating group) is 1. The van der Waals surface area contributed by atoms with Crippen molar-refractivity contribution in [3.63, 3.8) is 0 Å². The van der Waals surface area contributed by atoms with Gasteiger partial charge in [0.1, 0.15) is 29.0 Å². The van der Waals surface area contributed by atoms with Gasteiger partial charge in [0.15, 0.2) is 0 Å². The Labute approximate surface area is 191 Å². The number of hydrogen-bond acceptors (Lipinski definition) is 7. The van der Waals surface area contributed by atoms with Gasteiger partial charge in [-0.05, 0) is 43.3 Å². The van der Waals surface area contributed by atoms with Gasteiger partial charge in [0, 0.05) is 28.7 Å². The van der Waals surface area contributed by atoms with Crippen molar-refractivity contribution in [1.29, 1.82) is 0 Å². The molecule has 0 aromatic heterocycles. The fraction of sp³-hybridized carbons (Fsp3) is 0.200.